The number of thiophene rings is 1. The van der Waals surface area contributed by atoms with Crippen molar-refractivity contribution in [3.8, 4) is 0 Å². The van der Waals surface area contributed by atoms with Crippen molar-refractivity contribution in [2.75, 3.05) is 18.8 Å². The van der Waals surface area contributed by atoms with Crippen LogP contribution >= 0.6 is 11.3 Å². The Balaban J connectivity index is 2.52. The Labute approximate surface area is 119 Å². The van der Waals surface area contributed by atoms with Gasteiger partial charge in [0.2, 0.25) is 0 Å². The molecule has 0 spiro atoms. The van der Waals surface area contributed by atoms with Crippen LogP contribution in [0.2, 0.25) is 0 Å². The summed E-state index contributed by atoms with van der Waals surface area (Å²) in [4.78, 5) is 15.8. The van der Waals surface area contributed by atoms with E-state index in [1.807, 2.05) is 18.7 Å². The Bertz CT molecular complexity index is 500. The molecule has 0 aliphatic heterocycles. The molecule has 2 N–H and O–H groups in total. The Morgan fingerprint density at radius 3 is 2.53 bits per heavy atom. The molecule has 0 saturated carbocycles. The van der Waals surface area contributed by atoms with Gasteiger partial charge in [-0.3, -0.25) is 4.79 Å². The number of fused-ring (bicyclic) bond motifs is 1. The van der Waals surface area contributed by atoms with Crippen molar-refractivity contribution in [3.63, 3.8) is 0 Å². The largest absolute Gasteiger partial charge is 0.390 e. The van der Waals surface area contributed by atoms with Crippen LogP contribution < -0.4 is 5.73 Å². The molecule has 4 heteroatoms. The number of hydrogen-bond donors (Lipinski definition) is 1. The minimum absolute atomic E-state index is 0.101. The van der Waals surface area contributed by atoms with Crippen LogP contribution in [0.5, 0.6) is 0 Å². The number of nitrogen functional groups attached to an aromatic ring is 1. The first-order valence-electron chi connectivity index (χ1n) is 7.05. The summed E-state index contributed by atoms with van der Waals surface area (Å²) in [6.07, 6.45) is 1.10. The van der Waals surface area contributed by atoms with Crippen molar-refractivity contribution in [1.29, 1.82) is 0 Å². The Kier molecular flexibility index (Phi) is 3.65. The van der Waals surface area contributed by atoms with Gasteiger partial charge in [0, 0.05) is 23.4 Å². The lowest BCUT2D eigenvalue weighted by Gasteiger charge is -2.20. The molecule has 1 aliphatic rings. The highest BCUT2D eigenvalue weighted by Crippen LogP contribution is 2.52. The van der Waals surface area contributed by atoms with Gasteiger partial charge >= 0.3 is 0 Å². The van der Waals surface area contributed by atoms with Crippen molar-refractivity contribution >= 4 is 22.2 Å². The molecule has 0 fully saturated rings. The van der Waals surface area contributed by atoms with E-state index in [1.165, 1.54) is 10.4 Å². The van der Waals surface area contributed by atoms with Crippen molar-refractivity contribution in [1.82, 2.24) is 4.90 Å². The standard InChI is InChI=1S/C15H24N2OS/c1-6-17(7-2)14(18)11-10-9(3)8-15(4,5)12(10)19-13(11)16/h9H,6-8,16H2,1-5H3. The highest BCUT2D eigenvalue weighted by Gasteiger charge is 2.41. The van der Waals surface area contributed by atoms with Crippen LogP contribution in [0, 0.1) is 0 Å². The van der Waals surface area contributed by atoms with Crippen molar-refractivity contribution in [3.05, 3.63) is 16.0 Å². The Hall–Kier alpha value is -1.03. The molecule has 1 aromatic heterocycles. The van der Waals surface area contributed by atoms with Gasteiger partial charge in [0.15, 0.2) is 0 Å². The van der Waals surface area contributed by atoms with Gasteiger partial charge in [-0.2, -0.15) is 0 Å². The number of nitrogens with two attached hydrogens (primary N) is 1. The van der Waals surface area contributed by atoms with E-state index in [4.69, 9.17) is 5.73 Å². The second-order valence-corrected chi connectivity index (χ2v) is 7.10. The maximum absolute atomic E-state index is 12.7. The SMILES string of the molecule is CCN(CC)C(=O)c1c(N)sc2c1C(C)CC2(C)C. The lowest BCUT2D eigenvalue weighted by atomic mass is 9.91. The predicted octanol–water partition coefficient (Wildman–Crippen LogP) is 3.60. The second kappa shape index (κ2) is 4.82. The lowest BCUT2D eigenvalue weighted by Crippen LogP contribution is -2.31. The third-order valence-corrected chi connectivity index (χ3v) is 5.56. The van der Waals surface area contributed by atoms with E-state index in [1.54, 1.807) is 11.3 Å². The number of hydrogen-bond acceptors (Lipinski definition) is 3. The van der Waals surface area contributed by atoms with Gasteiger partial charge in [-0.05, 0) is 31.7 Å². The van der Waals surface area contributed by atoms with Gasteiger partial charge in [-0.1, -0.05) is 20.8 Å². The summed E-state index contributed by atoms with van der Waals surface area (Å²) >= 11 is 1.61. The van der Waals surface area contributed by atoms with E-state index in [0.29, 0.717) is 10.9 Å². The maximum Gasteiger partial charge on any atom is 0.257 e. The average molecular weight is 280 g/mol. The molecular formula is C15H24N2OS. The molecule has 1 amide bonds. The fourth-order valence-corrected chi connectivity index (χ4v) is 4.58. The van der Waals surface area contributed by atoms with Crippen LogP contribution in [-0.4, -0.2) is 23.9 Å². The van der Waals surface area contributed by atoms with E-state index in [9.17, 15) is 4.79 Å². The molecule has 19 heavy (non-hydrogen) atoms. The third kappa shape index (κ3) is 2.16. The summed E-state index contributed by atoms with van der Waals surface area (Å²) in [5, 5.41) is 0.696. The summed E-state index contributed by atoms with van der Waals surface area (Å²) < 4.78 is 0. The van der Waals surface area contributed by atoms with Crippen LogP contribution in [0.15, 0.2) is 0 Å². The number of carbonyl (C=O) groups is 1. The number of anilines is 1. The van der Waals surface area contributed by atoms with Crippen LogP contribution in [0.25, 0.3) is 0 Å². The number of rotatable bonds is 3. The minimum atomic E-state index is 0.101. The first-order valence-corrected chi connectivity index (χ1v) is 7.87. The number of nitrogens with zero attached hydrogens (tertiary/aromatic N) is 1. The molecule has 0 bridgehead atoms. The molecule has 0 aromatic carbocycles. The first kappa shape index (κ1) is 14.4. The van der Waals surface area contributed by atoms with Crippen LogP contribution in [0.4, 0.5) is 5.00 Å². The van der Waals surface area contributed by atoms with Crippen molar-refractivity contribution in [2.45, 2.75) is 52.4 Å². The smallest absolute Gasteiger partial charge is 0.257 e. The zero-order chi connectivity index (χ0) is 14.4. The van der Waals surface area contributed by atoms with E-state index in [2.05, 4.69) is 20.8 Å². The fourth-order valence-electron chi connectivity index (χ4n) is 3.28. The van der Waals surface area contributed by atoms with Gasteiger partial charge in [-0.15, -0.1) is 11.3 Å². The minimum Gasteiger partial charge on any atom is -0.390 e. The normalized spacial score (nSPS) is 20.4. The first-order chi connectivity index (χ1) is 8.83. The number of amides is 1. The molecule has 106 valence electrons. The predicted molar refractivity (Wildman–Crippen MR) is 82.0 cm³/mol. The van der Waals surface area contributed by atoms with E-state index < -0.39 is 0 Å². The molecule has 2 rings (SSSR count). The summed E-state index contributed by atoms with van der Waals surface area (Å²) in [5.74, 6) is 0.526. The van der Waals surface area contributed by atoms with Crippen LogP contribution in [-0.2, 0) is 5.41 Å². The summed E-state index contributed by atoms with van der Waals surface area (Å²) in [6.45, 7) is 12.2. The molecule has 0 radical (unpaired) electrons. The molecule has 3 nitrogen and oxygen atoms in total. The van der Waals surface area contributed by atoms with E-state index >= 15 is 0 Å². The summed E-state index contributed by atoms with van der Waals surface area (Å²) in [7, 11) is 0. The molecule has 0 saturated heterocycles. The van der Waals surface area contributed by atoms with Gasteiger partial charge < -0.3 is 10.6 Å². The van der Waals surface area contributed by atoms with Gasteiger partial charge in [0.05, 0.1) is 10.6 Å². The zero-order valence-corrected chi connectivity index (χ0v) is 13.4. The topological polar surface area (TPSA) is 46.3 Å². The second-order valence-electron chi connectivity index (χ2n) is 6.05. The van der Waals surface area contributed by atoms with E-state index in [-0.39, 0.29) is 11.3 Å². The summed E-state index contributed by atoms with van der Waals surface area (Å²) in [5.41, 5.74) is 8.29. The van der Waals surface area contributed by atoms with Gasteiger partial charge in [0.1, 0.15) is 0 Å². The average Bonchev–Trinajstić information content (AvgIpc) is 2.77. The molecule has 1 unspecified atom stereocenters. The fraction of sp³-hybridized carbons (Fsp3) is 0.667. The number of carbonyl (C=O) groups excluding carboxylic acids is 1. The third-order valence-electron chi connectivity index (χ3n) is 4.16. The van der Waals surface area contributed by atoms with Crippen molar-refractivity contribution in [2.24, 2.45) is 0 Å². The monoisotopic (exact) mass is 280 g/mol. The Morgan fingerprint density at radius 1 is 1.42 bits per heavy atom. The van der Waals surface area contributed by atoms with Gasteiger partial charge in [-0.25, -0.2) is 0 Å². The van der Waals surface area contributed by atoms with Crippen LogP contribution in [0.3, 0.4) is 0 Å². The summed E-state index contributed by atoms with van der Waals surface area (Å²) in [6, 6.07) is 0. The van der Waals surface area contributed by atoms with Crippen molar-refractivity contribution < 1.29 is 4.79 Å². The molecule has 1 atom stereocenters. The maximum atomic E-state index is 12.7. The molecule has 1 aromatic rings. The van der Waals surface area contributed by atoms with Crippen LogP contribution in [0.1, 0.15) is 67.8 Å². The van der Waals surface area contributed by atoms with Gasteiger partial charge in [0.25, 0.3) is 5.91 Å². The highest BCUT2D eigenvalue weighted by molar-refractivity contribution is 7.16. The Morgan fingerprint density at radius 2 is 2.00 bits per heavy atom. The van der Waals surface area contributed by atoms with E-state index in [0.717, 1.165) is 25.1 Å². The zero-order valence-electron chi connectivity index (χ0n) is 12.5. The highest BCUT2D eigenvalue weighted by atomic mass is 32.1. The molecular weight excluding hydrogens is 256 g/mol. The molecule has 1 aliphatic carbocycles. The molecule has 1 heterocycles. The lowest BCUT2D eigenvalue weighted by molar-refractivity contribution is 0.0773. The quantitative estimate of drug-likeness (QED) is 0.919.